The second-order valence-electron chi connectivity index (χ2n) is 8.17. The second-order valence-corrected chi connectivity index (χ2v) is 8.17. The fourth-order valence-corrected chi connectivity index (χ4v) is 5.10. The van der Waals surface area contributed by atoms with Crippen LogP contribution in [0.5, 0.6) is 5.75 Å². The monoisotopic (exact) mass is 414 g/mol. The second kappa shape index (κ2) is 6.41. The Labute approximate surface area is 171 Å². The first-order valence-corrected chi connectivity index (χ1v) is 9.55. The van der Waals surface area contributed by atoms with Gasteiger partial charge in [-0.05, 0) is 42.4 Å². The molecule has 0 aliphatic heterocycles. The van der Waals surface area contributed by atoms with Gasteiger partial charge in [-0.3, -0.25) is 14.4 Å². The van der Waals surface area contributed by atoms with Gasteiger partial charge in [-0.2, -0.15) is 0 Å². The SMILES string of the molecule is Cc1cc(CN)c2c(c1O)C(O)=C1C(=O)[C@]3(O)C(O)=C(C(N)=O)C(=O)C[C@@H]3C[C@@H]1C2. The van der Waals surface area contributed by atoms with Gasteiger partial charge in [-0.25, -0.2) is 0 Å². The van der Waals surface area contributed by atoms with Gasteiger partial charge in [0.2, 0.25) is 5.78 Å². The lowest BCUT2D eigenvalue weighted by atomic mass is 9.59. The van der Waals surface area contributed by atoms with Crippen molar-refractivity contribution in [2.45, 2.75) is 38.3 Å². The van der Waals surface area contributed by atoms with Gasteiger partial charge in [-0.1, -0.05) is 6.07 Å². The molecular formula is C21H22N2O7. The minimum absolute atomic E-state index is 0.0718. The zero-order valence-corrected chi connectivity index (χ0v) is 16.2. The molecule has 0 heterocycles. The summed E-state index contributed by atoms with van der Waals surface area (Å²) in [6.45, 7) is 1.79. The molecule has 3 aliphatic rings. The summed E-state index contributed by atoms with van der Waals surface area (Å²) in [5, 5.41) is 43.1. The first kappa shape index (κ1) is 20.1. The molecule has 3 atom stereocenters. The van der Waals surface area contributed by atoms with Crippen molar-refractivity contribution in [3.8, 4) is 5.75 Å². The molecule has 0 radical (unpaired) electrons. The number of hydrogen-bond acceptors (Lipinski definition) is 8. The molecule has 1 amide bonds. The van der Waals surface area contributed by atoms with Crippen molar-refractivity contribution in [2.75, 3.05) is 0 Å². The predicted molar refractivity (Wildman–Crippen MR) is 104 cm³/mol. The number of phenolic OH excluding ortho intramolecular Hbond substituents is 1. The van der Waals surface area contributed by atoms with Crippen LogP contribution >= 0.6 is 0 Å². The van der Waals surface area contributed by atoms with E-state index in [1.54, 1.807) is 13.0 Å². The van der Waals surface area contributed by atoms with Crippen LogP contribution in [0.4, 0.5) is 0 Å². The largest absolute Gasteiger partial charge is 0.508 e. The van der Waals surface area contributed by atoms with E-state index >= 15 is 0 Å². The predicted octanol–water partition coefficient (Wildman–Crippen LogP) is 0.191. The summed E-state index contributed by atoms with van der Waals surface area (Å²) in [5.41, 5.74) is 9.31. The summed E-state index contributed by atoms with van der Waals surface area (Å²) in [4.78, 5) is 37.3. The maximum absolute atomic E-state index is 13.3. The Morgan fingerprint density at radius 3 is 2.50 bits per heavy atom. The highest BCUT2D eigenvalue weighted by molar-refractivity contribution is 6.22. The maximum Gasteiger partial charge on any atom is 0.255 e. The van der Waals surface area contributed by atoms with Crippen LogP contribution in [-0.4, -0.2) is 43.5 Å². The van der Waals surface area contributed by atoms with Crippen molar-refractivity contribution in [1.29, 1.82) is 0 Å². The summed E-state index contributed by atoms with van der Waals surface area (Å²) >= 11 is 0. The highest BCUT2D eigenvalue weighted by Crippen LogP contribution is 2.52. The summed E-state index contributed by atoms with van der Waals surface area (Å²) in [6, 6.07) is 1.71. The molecule has 158 valence electrons. The van der Waals surface area contributed by atoms with E-state index in [0.717, 1.165) is 0 Å². The van der Waals surface area contributed by atoms with Gasteiger partial charge in [0.25, 0.3) is 5.91 Å². The molecule has 3 aliphatic carbocycles. The molecule has 4 rings (SSSR count). The zero-order chi connectivity index (χ0) is 22.1. The third-order valence-electron chi connectivity index (χ3n) is 6.57. The van der Waals surface area contributed by atoms with Gasteiger partial charge in [0, 0.05) is 24.5 Å². The smallest absolute Gasteiger partial charge is 0.255 e. The van der Waals surface area contributed by atoms with Crippen LogP contribution in [0.25, 0.3) is 5.76 Å². The molecular weight excluding hydrogens is 392 g/mol. The van der Waals surface area contributed by atoms with Gasteiger partial charge in [0.05, 0.1) is 5.56 Å². The van der Waals surface area contributed by atoms with Gasteiger partial charge in [-0.15, -0.1) is 0 Å². The Bertz CT molecular complexity index is 1100. The molecule has 1 saturated carbocycles. The van der Waals surface area contributed by atoms with Crippen LogP contribution < -0.4 is 11.5 Å². The minimum Gasteiger partial charge on any atom is -0.508 e. The molecule has 8 N–H and O–H groups in total. The van der Waals surface area contributed by atoms with Crippen molar-refractivity contribution in [3.63, 3.8) is 0 Å². The number of rotatable bonds is 2. The van der Waals surface area contributed by atoms with Crippen LogP contribution in [0.1, 0.15) is 35.1 Å². The van der Waals surface area contributed by atoms with E-state index in [2.05, 4.69) is 0 Å². The molecule has 0 saturated heterocycles. The van der Waals surface area contributed by atoms with Crippen molar-refractivity contribution < 1.29 is 34.8 Å². The van der Waals surface area contributed by atoms with E-state index in [4.69, 9.17) is 11.5 Å². The Balaban J connectivity index is 1.96. The van der Waals surface area contributed by atoms with Gasteiger partial charge < -0.3 is 31.9 Å². The number of aryl methyl sites for hydroxylation is 1. The lowest BCUT2D eigenvalue weighted by Crippen LogP contribution is -2.58. The molecule has 0 unspecified atom stereocenters. The lowest BCUT2D eigenvalue weighted by molar-refractivity contribution is -0.147. The number of nitrogens with two attached hydrogens (primary N) is 2. The Hall–Kier alpha value is -3.17. The minimum atomic E-state index is -2.55. The number of amides is 1. The fraction of sp³-hybridized carbons (Fsp3) is 0.381. The average molecular weight is 414 g/mol. The average Bonchev–Trinajstić information content (AvgIpc) is 2.67. The zero-order valence-electron chi connectivity index (χ0n) is 16.2. The fourth-order valence-electron chi connectivity index (χ4n) is 5.10. The van der Waals surface area contributed by atoms with Crippen LogP contribution in [0.2, 0.25) is 0 Å². The van der Waals surface area contributed by atoms with E-state index in [1.807, 2.05) is 0 Å². The summed E-state index contributed by atoms with van der Waals surface area (Å²) in [7, 11) is 0. The van der Waals surface area contributed by atoms with E-state index in [0.29, 0.717) is 16.7 Å². The topological polar surface area (TPSA) is 184 Å². The Morgan fingerprint density at radius 1 is 1.23 bits per heavy atom. The highest BCUT2D eigenvalue weighted by atomic mass is 16.3. The number of ketones is 2. The Kier molecular flexibility index (Phi) is 4.30. The third kappa shape index (κ3) is 2.39. The molecule has 9 heteroatoms. The number of phenols is 1. The molecule has 1 aromatic carbocycles. The number of Topliss-reactive ketones (excluding diaryl/α,β-unsaturated/α-hetero) is 2. The first-order valence-electron chi connectivity index (χ1n) is 9.55. The summed E-state index contributed by atoms with van der Waals surface area (Å²) < 4.78 is 0. The number of fused-ring (bicyclic) bond motifs is 3. The number of hydrogen-bond donors (Lipinski definition) is 6. The van der Waals surface area contributed by atoms with E-state index in [1.165, 1.54) is 0 Å². The number of benzene rings is 1. The summed E-state index contributed by atoms with van der Waals surface area (Å²) in [6.07, 6.45) is 0.0151. The van der Waals surface area contributed by atoms with Crippen LogP contribution in [0, 0.1) is 18.8 Å². The molecule has 1 fully saturated rings. The molecule has 0 bridgehead atoms. The van der Waals surface area contributed by atoms with E-state index in [-0.39, 0.29) is 42.7 Å². The number of primary amides is 1. The van der Waals surface area contributed by atoms with Crippen LogP contribution in [0.15, 0.2) is 23.0 Å². The lowest BCUT2D eigenvalue weighted by Gasteiger charge is -2.46. The molecule has 9 nitrogen and oxygen atoms in total. The normalized spacial score (nSPS) is 28.2. The van der Waals surface area contributed by atoms with Crippen LogP contribution in [-0.2, 0) is 27.3 Å². The summed E-state index contributed by atoms with van der Waals surface area (Å²) in [5.74, 6) is -6.32. The number of aliphatic hydroxyl groups is 3. The van der Waals surface area contributed by atoms with Crippen molar-refractivity contribution >= 4 is 23.2 Å². The van der Waals surface area contributed by atoms with E-state index in [9.17, 15) is 34.8 Å². The molecule has 0 spiro atoms. The van der Waals surface area contributed by atoms with Gasteiger partial charge in [0.1, 0.15) is 22.8 Å². The first-order chi connectivity index (χ1) is 14.0. The van der Waals surface area contributed by atoms with E-state index < -0.39 is 52.0 Å². The number of aromatic hydroxyl groups is 1. The van der Waals surface area contributed by atoms with Crippen molar-refractivity contribution in [1.82, 2.24) is 0 Å². The number of carbonyl (C=O) groups excluding carboxylic acids is 3. The molecule has 1 aromatic rings. The number of carbonyl (C=O) groups is 3. The van der Waals surface area contributed by atoms with Gasteiger partial charge in [0.15, 0.2) is 11.4 Å². The maximum atomic E-state index is 13.3. The standard InChI is InChI=1S/C21H22N2O7/c1-7-2-9(6-22)11-4-8-3-10-5-12(24)15(20(23)29)19(28)21(10,30)18(27)13(8)17(26)14(11)16(7)25/h2,8,10,25-26,28,30H,3-6,22H2,1H3,(H2,23,29)/t8-,10+,21+/m1/s1. The van der Waals surface area contributed by atoms with Crippen LogP contribution in [0.3, 0.4) is 0 Å². The Morgan fingerprint density at radius 2 is 1.90 bits per heavy atom. The van der Waals surface area contributed by atoms with Crippen molar-refractivity contribution in [2.24, 2.45) is 23.3 Å². The molecule has 0 aromatic heterocycles. The highest BCUT2D eigenvalue weighted by Gasteiger charge is 2.60. The quantitative estimate of drug-likeness (QED) is 0.370. The number of aliphatic hydroxyl groups excluding tert-OH is 2. The van der Waals surface area contributed by atoms with Gasteiger partial charge >= 0.3 is 0 Å². The molecule has 30 heavy (non-hydrogen) atoms. The van der Waals surface area contributed by atoms with Crippen molar-refractivity contribution in [3.05, 3.63) is 45.2 Å². The third-order valence-corrected chi connectivity index (χ3v) is 6.57.